The van der Waals surface area contributed by atoms with Gasteiger partial charge in [0.1, 0.15) is 6.61 Å². The van der Waals surface area contributed by atoms with E-state index >= 15 is 0 Å². The lowest BCUT2D eigenvalue weighted by Gasteiger charge is -2.27. The van der Waals surface area contributed by atoms with Crippen molar-refractivity contribution in [1.29, 1.82) is 0 Å². The highest BCUT2D eigenvalue weighted by molar-refractivity contribution is 7.09. The third kappa shape index (κ3) is 9.85. The van der Waals surface area contributed by atoms with E-state index < -0.39 is 18.3 Å². The summed E-state index contributed by atoms with van der Waals surface area (Å²) in [6.07, 6.45) is -1.20. The summed E-state index contributed by atoms with van der Waals surface area (Å²) in [5.41, 5.74) is 13.5. The number of amides is 3. The Hall–Kier alpha value is -4.05. The molecular formula is C27H32N4O5S. The standard InChI is InChI=1S/C27H32N4O5S/c28-22-13-11-20(12-14-22)17-31(18-23-9-6-16-37-23)25(32)24(36-26(29)33)10-4-5-15-30-27(34)35-19-21-7-2-1-3-8-21/h1-3,6-9,11-14,16,24H,4-5,10,15,17-19,28H2,(H2,29,33)(H,30,34)/t24-/m1/s1. The molecular weight excluding hydrogens is 492 g/mol. The summed E-state index contributed by atoms with van der Waals surface area (Å²) in [6.45, 7) is 1.23. The van der Waals surface area contributed by atoms with Crippen LogP contribution in [0.5, 0.6) is 0 Å². The van der Waals surface area contributed by atoms with Crippen molar-refractivity contribution in [1.82, 2.24) is 10.2 Å². The van der Waals surface area contributed by atoms with Gasteiger partial charge in [-0.15, -0.1) is 11.3 Å². The van der Waals surface area contributed by atoms with Crippen LogP contribution in [-0.2, 0) is 34.0 Å². The van der Waals surface area contributed by atoms with Crippen LogP contribution in [0.1, 0.15) is 35.3 Å². The van der Waals surface area contributed by atoms with Gasteiger partial charge in [-0.1, -0.05) is 48.5 Å². The maximum absolute atomic E-state index is 13.5. The number of nitrogens with two attached hydrogens (primary N) is 2. The monoisotopic (exact) mass is 524 g/mol. The molecule has 1 aromatic heterocycles. The zero-order valence-corrected chi connectivity index (χ0v) is 21.3. The second kappa shape index (κ2) is 14.5. The first-order chi connectivity index (χ1) is 17.9. The molecule has 0 unspecified atom stereocenters. The van der Waals surface area contributed by atoms with Crippen molar-refractivity contribution in [3.05, 3.63) is 88.1 Å². The lowest BCUT2D eigenvalue weighted by molar-refractivity contribution is -0.142. The molecule has 1 heterocycles. The maximum Gasteiger partial charge on any atom is 0.407 e. The Morgan fingerprint density at radius 1 is 0.919 bits per heavy atom. The van der Waals surface area contributed by atoms with Crippen LogP contribution in [0.2, 0.25) is 0 Å². The fourth-order valence-electron chi connectivity index (χ4n) is 3.64. The number of benzene rings is 2. The van der Waals surface area contributed by atoms with Gasteiger partial charge in [0.25, 0.3) is 5.91 Å². The van der Waals surface area contributed by atoms with Crippen LogP contribution in [0.3, 0.4) is 0 Å². The summed E-state index contributed by atoms with van der Waals surface area (Å²) in [5.74, 6) is -0.334. The molecule has 3 amide bonds. The largest absolute Gasteiger partial charge is 0.445 e. The van der Waals surface area contributed by atoms with Crippen molar-refractivity contribution >= 4 is 35.1 Å². The van der Waals surface area contributed by atoms with E-state index in [9.17, 15) is 14.4 Å². The first kappa shape index (κ1) is 27.5. The Kier molecular flexibility index (Phi) is 10.8. The number of hydrogen-bond acceptors (Lipinski definition) is 7. The van der Waals surface area contributed by atoms with Gasteiger partial charge in [-0.2, -0.15) is 0 Å². The van der Waals surface area contributed by atoms with Crippen LogP contribution in [0.15, 0.2) is 72.1 Å². The molecule has 0 aliphatic heterocycles. The van der Waals surface area contributed by atoms with Crippen LogP contribution >= 0.6 is 11.3 Å². The predicted molar refractivity (Wildman–Crippen MR) is 142 cm³/mol. The number of nitrogen functional groups attached to an aromatic ring is 1. The molecule has 3 rings (SSSR count). The number of nitrogens with zero attached hydrogens (tertiary/aromatic N) is 1. The Labute approximate surface area is 220 Å². The smallest absolute Gasteiger partial charge is 0.407 e. The number of ether oxygens (including phenoxy) is 2. The van der Waals surface area contributed by atoms with Crippen LogP contribution < -0.4 is 16.8 Å². The van der Waals surface area contributed by atoms with Gasteiger partial charge in [0, 0.05) is 23.7 Å². The Morgan fingerprint density at radius 3 is 2.35 bits per heavy atom. The predicted octanol–water partition coefficient (Wildman–Crippen LogP) is 4.42. The molecule has 0 saturated carbocycles. The molecule has 2 aromatic carbocycles. The van der Waals surface area contributed by atoms with E-state index in [-0.39, 0.29) is 18.9 Å². The number of primary amides is 1. The number of carbonyl (C=O) groups is 3. The third-order valence-electron chi connectivity index (χ3n) is 5.50. The molecule has 1 atom stereocenters. The molecule has 0 saturated heterocycles. The number of hydrogen-bond donors (Lipinski definition) is 3. The van der Waals surface area contributed by atoms with Crippen molar-refractivity contribution in [2.45, 2.75) is 45.1 Å². The van der Waals surface area contributed by atoms with Crippen molar-refractivity contribution in [2.75, 3.05) is 12.3 Å². The number of unbranched alkanes of at least 4 members (excludes halogenated alkanes) is 1. The molecule has 0 aliphatic carbocycles. The molecule has 0 radical (unpaired) electrons. The van der Waals surface area contributed by atoms with Crippen LogP contribution in [-0.4, -0.2) is 35.6 Å². The van der Waals surface area contributed by atoms with E-state index in [1.807, 2.05) is 60.0 Å². The van der Waals surface area contributed by atoms with E-state index in [0.717, 1.165) is 16.0 Å². The quantitative estimate of drug-likeness (QED) is 0.224. The fraction of sp³-hybridized carbons (Fsp3) is 0.296. The number of anilines is 1. The SMILES string of the molecule is NC(=O)O[C@H](CCCCNC(=O)OCc1ccccc1)C(=O)N(Cc1ccc(N)cc1)Cc1cccs1. The van der Waals surface area contributed by atoms with E-state index in [2.05, 4.69) is 5.32 Å². The molecule has 0 fully saturated rings. The second-order valence-electron chi connectivity index (χ2n) is 8.43. The lowest BCUT2D eigenvalue weighted by atomic mass is 10.1. The van der Waals surface area contributed by atoms with Crippen LogP contribution in [0.25, 0.3) is 0 Å². The average Bonchev–Trinajstić information content (AvgIpc) is 3.40. The maximum atomic E-state index is 13.5. The van der Waals surface area contributed by atoms with Crippen LogP contribution in [0, 0.1) is 0 Å². The molecule has 10 heteroatoms. The van der Waals surface area contributed by atoms with E-state index in [0.29, 0.717) is 38.2 Å². The van der Waals surface area contributed by atoms with Crippen molar-refractivity contribution < 1.29 is 23.9 Å². The highest BCUT2D eigenvalue weighted by Gasteiger charge is 2.27. The Bertz CT molecular complexity index is 1120. The summed E-state index contributed by atoms with van der Waals surface area (Å²) in [6, 6.07) is 20.5. The normalized spacial score (nSPS) is 11.4. The third-order valence-corrected chi connectivity index (χ3v) is 6.36. The van der Waals surface area contributed by atoms with E-state index in [1.165, 1.54) is 11.3 Å². The Morgan fingerprint density at radius 2 is 1.68 bits per heavy atom. The molecule has 3 aromatic rings. The highest BCUT2D eigenvalue weighted by Crippen LogP contribution is 2.19. The van der Waals surface area contributed by atoms with Gasteiger partial charge in [0.15, 0.2) is 6.10 Å². The molecule has 37 heavy (non-hydrogen) atoms. The minimum atomic E-state index is -1.03. The number of rotatable bonds is 13. The molecule has 0 bridgehead atoms. The highest BCUT2D eigenvalue weighted by atomic mass is 32.1. The number of carbonyl (C=O) groups excluding carboxylic acids is 3. The number of alkyl carbamates (subject to hydrolysis) is 1. The van der Waals surface area contributed by atoms with Gasteiger partial charge in [-0.3, -0.25) is 4.79 Å². The van der Waals surface area contributed by atoms with Gasteiger partial charge in [0.2, 0.25) is 0 Å². The molecule has 9 nitrogen and oxygen atoms in total. The molecule has 0 spiro atoms. The number of nitrogens with one attached hydrogen (secondary N) is 1. The Balaban J connectivity index is 1.52. The van der Waals surface area contributed by atoms with E-state index in [4.69, 9.17) is 20.9 Å². The lowest BCUT2D eigenvalue weighted by Crippen LogP contribution is -2.41. The van der Waals surface area contributed by atoms with E-state index in [1.54, 1.807) is 17.0 Å². The fourth-order valence-corrected chi connectivity index (χ4v) is 4.36. The van der Waals surface area contributed by atoms with Gasteiger partial charge in [-0.25, -0.2) is 9.59 Å². The summed E-state index contributed by atoms with van der Waals surface area (Å²) >= 11 is 1.54. The van der Waals surface area contributed by atoms with Crippen molar-refractivity contribution in [3.8, 4) is 0 Å². The van der Waals surface area contributed by atoms with Crippen LogP contribution in [0.4, 0.5) is 15.3 Å². The van der Waals surface area contributed by atoms with Gasteiger partial charge >= 0.3 is 12.2 Å². The topological polar surface area (TPSA) is 137 Å². The average molecular weight is 525 g/mol. The van der Waals surface area contributed by atoms with Crippen molar-refractivity contribution in [2.24, 2.45) is 5.73 Å². The first-order valence-corrected chi connectivity index (χ1v) is 12.8. The minimum Gasteiger partial charge on any atom is -0.445 e. The minimum absolute atomic E-state index is 0.184. The molecule has 0 aliphatic rings. The van der Waals surface area contributed by atoms with Gasteiger partial charge in [-0.05, 0) is 54.0 Å². The molecule has 5 N–H and O–H groups in total. The zero-order chi connectivity index (χ0) is 26.5. The summed E-state index contributed by atoms with van der Waals surface area (Å²) in [7, 11) is 0. The van der Waals surface area contributed by atoms with Gasteiger partial charge < -0.3 is 31.2 Å². The summed E-state index contributed by atoms with van der Waals surface area (Å²) < 4.78 is 10.4. The van der Waals surface area contributed by atoms with Crippen molar-refractivity contribution in [3.63, 3.8) is 0 Å². The molecule has 196 valence electrons. The summed E-state index contributed by atoms with van der Waals surface area (Å²) in [4.78, 5) is 39.6. The first-order valence-electron chi connectivity index (χ1n) is 12.0. The number of thiophene rings is 1. The zero-order valence-electron chi connectivity index (χ0n) is 20.5. The van der Waals surface area contributed by atoms with Gasteiger partial charge in [0.05, 0.1) is 6.54 Å². The summed E-state index contributed by atoms with van der Waals surface area (Å²) in [5, 5.41) is 4.63. The second-order valence-corrected chi connectivity index (χ2v) is 9.46.